The number of hydrazine groups is 2. The Bertz CT molecular complexity index is 1060. The molecule has 30 heavy (non-hydrogen) atoms. The molecule has 2 aromatic rings. The van der Waals surface area contributed by atoms with Gasteiger partial charge in [0, 0.05) is 0 Å². The summed E-state index contributed by atoms with van der Waals surface area (Å²) in [6.45, 7) is 3.05. The van der Waals surface area contributed by atoms with Crippen molar-refractivity contribution < 1.29 is 31.4 Å². The van der Waals surface area contributed by atoms with Crippen LogP contribution in [0.15, 0.2) is 41.3 Å². The van der Waals surface area contributed by atoms with Crippen LogP contribution in [0, 0.1) is 0 Å². The number of amidine groups is 1. The largest absolute Gasteiger partial charge is 0.456 e. The molecule has 164 valence electrons. The number of rotatable bonds is 7. The van der Waals surface area contributed by atoms with E-state index in [1.54, 1.807) is 0 Å². The highest BCUT2D eigenvalue weighted by Gasteiger charge is 2.32. The molecular formula is C18H21ClF3N4O3S+. The van der Waals surface area contributed by atoms with Gasteiger partial charge in [-0.3, -0.25) is 5.73 Å². The number of ether oxygens (including phenoxy) is 1. The van der Waals surface area contributed by atoms with Crippen molar-refractivity contribution in [2.75, 3.05) is 0 Å². The van der Waals surface area contributed by atoms with Crippen LogP contribution in [0.1, 0.15) is 25.0 Å². The first-order valence-corrected chi connectivity index (χ1v) is 10.5. The van der Waals surface area contributed by atoms with Gasteiger partial charge in [-0.2, -0.15) is 23.8 Å². The number of sulfone groups is 1. The van der Waals surface area contributed by atoms with Gasteiger partial charge in [0.15, 0.2) is 9.84 Å². The summed E-state index contributed by atoms with van der Waals surface area (Å²) >= 11 is 6.12. The molecule has 0 bridgehead atoms. The number of benzene rings is 2. The minimum Gasteiger partial charge on any atom is -0.456 e. The SMILES string of the molecule is CC(C)S(=O)(=O)c1ccc(Oc2cc(C/C(N)=[NH+]/NN)cc(C(F)(F)F)c2)c(Cl)c1. The Balaban J connectivity index is 2.43. The van der Waals surface area contributed by atoms with Crippen LogP contribution in [0.4, 0.5) is 13.2 Å². The first-order valence-electron chi connectivity index (χ1n) is 8.60. The van der Waals surface area contributed by atoms with Crippen LogP contribution in [0.3, 0.4) is 0 Å². The third-order valence-electron chi connectivity index (χ3n) is 4.00. The van der Waals surface area contributed by atoms with Gasteiger partial charge in [-0.1, -0.05) is 11.6 Å². The number of nitrogens with one attached hydrogen (secondary N) is 2. The summed E-state index contributed by atoms with van der Waals surface area (Å²) in [6.07, 6.45) is -4.69. The lowest BCUT2D eigenvalue weighted by molar-refractivity contribution is -0.530. The van der Waals surface area contributed by atoms with Gasteiger partial charge < -0.3 is 4.74 Å². The Labute approximate surface area is 176 Å². The summed E-state index contributed by atoms with van der Waals surface area (Å²) in [5, 5.41) is 1.66. The maximum Gasteiger partial charge on any atom is 0.416 e. The van der Waals surface area contributed by atoms with Crippen LogP contribution in [-0.2, 0) is 22.4 Å². The zero-order valence-electron chi connectivity index (χ0n) is 16.0. The highest BCUT2D eigenvalue weighted by atomic mass is 35.5. The Morgan fingerprint density at radius 1 is 1.23 bits per heavy atom. The van der Waals surface area contributed by atoms with Gasteiger partial charge >= 0.3 is 6.18 Å². The predicted octanol–water partition coefficient (Wildman–Crippen LogP) is 1.69. The van der Waals surface area contributed by atoms with Crippen molar-refractivity contribution in [3.63, 3.8) is 0 Å². The number of alkyl halides is 3. The third-order valence-corrected chi connectivity index (χ3v) is 6.45. The molecule has 0 aliphatic heterocycles. The van der Waals surface area contributed by atoms with E-state index in [-0.39, 0.29) is 39.2 Å². The third kappa shape index (κ3) is 5.77. The second-order valence-corrected chi connectivity index (χ2v) is 9.53. The lowest BCUT2D eigenvalue weighted by Gasteiger charge is -2.14. The minimum absolute atomic E-state index is 0.00310. The molecule has 0 fully saturated rings. The van der Waals surface area contributed by atoms with Crippen LogP contribution in [0.25, 0.3) is 0 Å². The summed E-state index contributed by atoms with van der Waals surface area (Å²) < 4.78 is 69.9. The van der Waals surface area contributed by atoms with Crippen LogP contribution >= 0.6 is 11.6 Å². The number of nitrogens with two attached hydrogens (primary N) is 2. The zero-order valence-corrected chi connectivity index (χ0v) is 17.6. The summed E-state index contributed by atoms with van der Waals surface area (Å²) in [7, 11) is -3.57. The molecule has 0 heterocycles. The highest BCUT2D eigenvalue weighted by molar-refractivity contribution is 7.92. The van der Waals surface area contributed by atoms with Crippen LogP contribution in [0.5, 0.6) is 11.5 Å². The molecule has 0 unspecified atom stereocenters. The number of hydrazone groups is 1. The molecule has 0 spiro atoms. The molecule has 2 rings (SSSR count). The Kier molecular flexibility index (Phi) is 7.22. The Morgan fingerprint density at radius 2 is 1.90 bits per heavy atom. The van der Waals surface area contributed by atoms with E-state index in [1.807, 2.05) is 0 Å². The smallest absolute Gasteiger partial charge is 0.416 e. The van der Waals surface area contributed by atoms with Gasteiger partial charge in [0.1, 0.15) is 11.5 Å². The molecule has 0 radical (unpaired) electrons. The summed E-state index contributed by atoms with van der Waals surface area (Å²) in [4.78, 5) is -0.0117. The Morgan fingerprint density at radius 3 is 2.43 bits per heavy atom. The quantitative estimate of drug-likeness (QED) is 0.214. The van der Waals surface area contributed by atoms with Crippen molar-refractivity contribution in [3.8, 4) is 11.5 Å². The normalized spacial score (nSPS) is 12.9. The Hall–Kier alpha value is -2.50. The van der Waals surface area contributed by atoms with Gasteiger partial charge in [0.25, 0.3) is 5.84 Å². The zero-order chi connectivity index (χ0) is 22.7. The topological polar surface area (TPSA) is 121 Å². The molecule has 0 saturated heterocycles. The van der Waals surface area contributed by atoms with E-state index in [1.165, 1.54) is 38.1 Å². The maximum atomic E-state index is 13.3. The van der Waals surface area contributed by atoms with E-state index < -0.39 is 26.8 Å². The second kappa shape index (κ2) is 9.11. The molecule has 0 amide bonds. The van der Waals surface area contributed by atoms with Crippen molar-refractivity contribution in [2.45, 2.75) is 36.6 Å². The second-order valence-electron chi connectivity index (χ2n) is 6.62. The van der Waals surface area contributed by atoms with Crippen molar-refractivity contribution >= 4 is 27.3 Å². The van der Waals surface area contributed by atoms with Gasteiger partial charge in [-0.25, -0.2) is 14.3 Å². The van der Waals surface area contributed by atoms with Crippen molar-refractivity contribution in [3.05, 3.63) is 52.5 Å². The van der Waals surface area contributed by atoms with Crippen molar-refractivity contribution in [1.82, 2.24) is 5.53 Å². The van der Waals surface area contributed by atoms with Gasteiger partial charge in [-0.05, 0) is 55.8 Å². The average molecular weight is 466 g/mol. The van der Waals surface area contributed by atoms with Gasteiger partial charge in [0.05, 0.1) is 27.2 Å². The summed E-state index contributed by atoms with van der Waals surface area (Å²) in [5.41, 5.74) is 6.99. The molecule has 2 aromatic carbocycles. The lowest BCUT2D eigenvalue weighted by Crippen LogP contribution is -2.87. The van der Waals surface area contributed by atoms with Crippen molar-refractivity contribution in [2.24, 2.45) is 11.6 Å². The molecule has 7 nitrogen and oxygen atoms in total. The molecule has 0 atom stereocenters. The summed E-state index contributed by atoms with van der Waals surface area (Å²) in [5.74, 6) is 5.01. The van der Waals surface area contributed by atoms with Crippen LogP contribution in [0.2, 0.25) is 5.02 Å². The highest BCUT2D eigenvalue weighted by Crippen LogP contribution is 2.36. The number of halogens is 4. The van der Waals surface area contributed by atoms with E-state index in [2.05, 4.69) is 10.6 Å². The van der Waals surface area contributed by atoms with Crippen LogP contribution in [-0.4, -0.2) is 19.5 Å². The number of hydrogen-bond donors (Lipinski definition) is 4. The first-order chi connectivity index (χ1) is 13.8. The van der Waals surface area contributed by atoms with Crippen LogP contribution < -0.4 is 26.9 Å². The first kappa shape index (κ1) is 23.8. The van der Waals surface area contributed by atoms with Gasteiger partial charge in [0.2, 0.25) is 0 Å². The average Bonchev–Trinajstić information content (AvgIpc) is 2.62. The molecule has 0 aliphatic carbocycles. The molecular weight excluding hydrogens is 445 g/mol. The fraction of sp³-hybridized carbons (Fsp3) is 0.278. The fourth-order valence-electron chi connectivity index (χ4n) is 2.48. The van der Waals surface area contributed by atoms with E-state index >= 15 is 0 Å². The minimum atomic E-state index is -4.62. The molecule has 6 N–H and O–H groups in total. The van der Waals surface area contributed by atoms with Gasteiger partial charge in [-0.15, -0.1) is 0 Å². The van der Waals surface area contributed by atoms with E-state index in [0.29, 0.717) is 0 Å². The van der Waals surface area contributed by atoms with E-state index in [0.717, 1.165) is 12.1 Å². The van der Waals surface area contributed by atoms with Crippen molar-refractivity contribution in [1.29, 1.82) is 0 Å². The van der Waals surface area contributed by atoms with E-state index in [9.17, 15) is 21.6 Å². The monoisotopic (exact) mass is 465 g/mol. The number of hydrogen-bond acceptors (Lipinski definition) is 5. The standard InChI is InChI=1S/C18H20ClF3N4O3S/c1-10(2)30(27,28)14-3-4-16(15(19)9-14)29-13-6-11(7-17(23)25-26-24)5-12(8-13)18(20,21)22/h3-6,8-10,26H,7,24H2,1-2H3,(H2,23,25)/p+1. The molecule has 0 aliphatic rings. The fourth-order valence-corrected chi connectivity index (χ4v) is 3.85. The lowest BCUT2D eigenvalue weighted by atomic mass is 10.1. The molecule has 12 heteroatoms. The molecule has 0 saturated carbocycles. The molecule has 0 aromatic heterocycles. The van der Waals surface area contributed by atoms with E-state index in [4.69, 9.17) is 27.9 Å². The summed E-state index contributed by atoms with van der Waals surface area (Å²) in [6, 6.07) is 6.87. The maximum absolute atomic E-state index is 13.3. The predicted molar refractivity (Wildman–Crippen MR) is 106 cm³/mol.